The summed E-state index contributed by atoms with van der Waals surface area (Å²) < 4.78 is 12.0. The van der Waals surface area contributed by atoms with Crippen LogP contribution in [0.25, 0.3) is 21.3 Å². The second-order valence-corrected chi connectivity index (χ2v) is 9.11. The molecule has 0 spiro atoms. The standard InChI is InChI=1S/C23H27N3O3S/c1-13(27)10-16-8-9-26(12-16)23-22-21(24-15(3)25-23)20(14(2)30-22)17-6-7-18(28-4)19(11-17)29-5/h6-7,11,16H,8-10,12H2,1-5H3/t16-/m0/s1. The Kier molecular flexibility index (Phi) is 5.64. The van der Waals surface area contributed by atoms with Crippen LogP contribution in [0.15, 0.2) is 18.2 Å². The summed E-state index contributed by atoms with van der Waals surface area (Å²) >= 11 is 1.73. The largest absolute Gasteiger partial charge is 0.493 e. The SMILES string of the molecule is COc1ccc(-c2c(C)sc3c(N4CC[C@@H](CC(C)=O)C4)nc(C)nc23)cc1OC. The molecule has 0 aliphatic carbocycles. The topological polar surface area (TPSA) is 64.5 Å². The van der Waals surface area contributed by atoms with Gasteiger partial charge in [-0.25, -0.2) is 9.97 Å². The molecule has 3 heterocycles. The fourth-order valence-corrected chi connectivity index (χ4v) is 5.46. The first-order chi connectivity index (χ1) is 14.4. The smallest absolute Gasteiger partial charge is 0.161 e. The van der Waals surface area contributed by atoms with Crippen LogP contribution in [0.2, 0.25) is 0 Å². The highest BCUT2D eigenvalue weighted by atomic mass is 32.1. The van der Waals surface area contributed by atoms with E-state index >= 15 is 0 Å². The van der Waals surface area contributed by atoms with Crippen LogP contribution in [0.4, 0.5) is 5.82 Å². The van der Waals surface area contributed by atoms with E-state index in [4.69, 9.17) is 19.4 Å². The molecule has 3 aromatic rings. The summed E-state index contributed by atoms with van der Waals surface area (Å²) in [5.41, 5.74) is 3.14. The quantitative estimate of drug-likeness (QED) is 0.565. The number of thiophene rings is 1. The van der Waals surface area contributed by atoms with Crippen LogP contribution < -0.4 is 14.4 Å². The van der Waals surface area contributed by atoms with Crippen molar-refractivity contribution in [3.63, 3.8) is 0 Å². The number of aromatic nitrogens is 2. The van der Waals surface area contributed by atoms with Crippen molar-refractivity contribution in [2.45, 2.75) is 33.6 Å². The van der Waals surface area contributed by atoms with Gasteiger partial charge in [-0.15, -0.1) is 11.3 Å². The molecule has 7 heteroatoms. The van der Waals surface area contributed by atoms with Gasteiger partial charge in [0.15, 0.2) is 11.5 Å². The number of hydrogen-bond acceptors (Lipinski definition) is 7. The monoisotopic (exact) mass is 425 g/mol. The minimum absolute atomic E-state index is 0.258. The first-order valence-electron chi connectivity index (χ1n) is 10.2. The van der Waals surface area contributed by atoms with Crippen molar-refractivity contribution in [3.8, 4) is 22.6 Å². The maximum Gasteiger partial charge on any atom is 0.161 e. The molecule has 2 aromatic heterocycles. The van der Waals surface area contributed by atoms with Gasteiger partial charge in [-0.1, -0.05) is 6.07 Å². The number of Topliss-reactive ketones (excluding diaryl/α,β-unsaturated/α-hetero) is 1. The van der Waals surface area contributed by atoms with Crippen molar-refractivity contribution in [1.82, 2.24) is 9.97 Å². The molecule has 158 valence electrons. The fourth-order valence-electron chi connectivity index (χ4n) is 4.33. The number of hydrogen-bond donors (Lipinski definition) is 0. The maximum atomic E-state index is 11.6. The van der Waals surface area contributed by atoms with Crippen LogP contribution in [0.5, 0.6) is 11.5 Å². The van der Waals surface area contributed by atoms with E-state index in [0.717, 1.165) is 52.5 Å². The molecule has 0 unspecified atom stereocenters. The number of rotatable bonds is 6. The van der Waals surface area contributed by atoms with Crippen LogP contribution in [-0.2, 0) is 4.79 Å². The highest BCUT2D eigenvalue weighted by Gasteiger charge is 2.28. The molecule has 1 atom stereocenters. The molecular formula is C23H27N3O3S. The first kappa shape index (κ1) is 20.6. The molecule has 0 radical (unpaired) electrons. The average Bonchev–Trinajstić information content (AvgIpc) is 3.30. The number of methoxy groups -OCH3 is 2. The predicted octanol–water partition coefficient (Wildman–Crippen LogP) is 4.80. The Balaban J connectivity index is 1.79. The summed E-state index contributed by atoms with van der Waals surface area (Å²) in [7, 11) is 3.29. The molecular weight excluding hydrogens is 398 g/mol. The third-order valence-electron chi connectivity index (χ3n) is 5.64. The summed E-state index contributed by atoms with van der Waals surface area (Å²) in [6, 6.07) is 5.98. The molecule has 4 rings (SSSR count). The number of carbonyl (C=O) groups excluding carboxylic acids is 1. The summed E-state index contributed by atoms with van der Waals surface area (Å²) in [5.74, 6) is 3.81. The van der Waals surface area contributed by atoms with Gasteiger partial charge in [0.05, 0.1) is 24.4 Å². The van der Waals surface area contributed by atoms with E-state index in [2.05, 4.69) is 11.8 Å². The van der Waals surface area contributed by atoms with Crippen LogP contribution in [0, 0.1) is 19.8 Å². The van der Waals surface area contributed by atoms with Crippen molar-refractivity contribution in [2.75, 3.05) is 32.2 Å². The van der Waals surface area contributed by atoms with Crippen LogP contribution in [0.3, 0.4) is 0 Å². The van der Waals surface area contributed by atoms with E-state index in [9.17, 15) is 4.79 Å². The zero-order valence-corrected chi connectivity index (χ0v) is 18.9. The number of ether oxygens (including phenoxy) is 2. The Bertz CT molecular complexity index is 1110. The van der Waals surface area contributed by atoms with Gasteiger partial charge in [0, 0.05) is 30.0 Å². The number of fused-ring (bicyclic) bond motifs is 1. The number of aryl methyl sites for hydroxylation is 2. The van der Waals surface area contributed by atoms with Crippen molar-refractivity contribution < 1.29 is 14.3 Å². The fraction of sp³-hybridized carbons (Fsp3) is 0.435. The van der Waals surface area contributed by atoms with Gasteiger partial charge < -0.3 is 19.2 Å². The molecule has 1 saturated heterocycles. The molecule has 1 aliphatic rings. The summed E-state index contributed by atoms with van der Waals surface area (Å²) in [6.45, 7) is 7.53. The summed E-state index contributed by atoms with van der Waals surface area (Å²) in [4.78, 5) is 24.7. The minimum atomic E-state index is 0.258. The van der Waals surface area contributed by atoms with Gasteiger partial charge in [-0.2, -0.15) is 0 Å². The predicted molar refractivity (Wildman–Crippen MR) is 121 cm³/mol. The van der Waals surface area contributed by atoms with Gasteiger partial charge >= 0.3 is 0 Å². The Morgan fingerprint density at radius 3 is 2.67 bits per heavy atom. The number of nitrogens with zero attached hydrogens (tertiary/aromatic N) is 3. The number of ketones is 1. The Morgan fingerprint density at radius 1 is 1.20 bits per heavy atom. The number of benzene rings is 1. The van der Waals surface area contributed by atoms with Crippen molar-refractivity contribution in [3.05, 3.63) is 28.9 Å². The lowest BCUT2D eigenvalue weighted by molar-refractivity contribution is -0.117. The Morgan fingerprint density at radius 2 is 1.97 bits per heavy atom. The van der Waals surface area contributed by atoms with Crippen LogP contribution in [0.1, 0.15) is 30.5 Å². The Hall–Kier alpha value is -2.67. The lowest BCUT2D eigenvalue weighted by Crippen LogP contribution is -2.22. The van der Waals surface area contributed by atoms with Gasteiger partial charge in [0.25, 0.3) is 0 Å². The third kappa shape index (κ3) is 3.74. The van der Waals surface area contributed by atoms with E-state index in [1.807, 2.05) is 25.1 Å². The number of carbonyl (C=O) groups is 1. The van der Waals surface area contributed by atoms with Crippen molar-refractivity contribution >= 4 is 33.2 Å². The molecule has 6 nitrogen and oxygen atoms in total. The molecule has 0 amide bonds. The number of anilines is 1. The van der Waals surface area contributed by atoms with Crippen LogP contribution >= 0.6 is 11.3 Å². The maximum absolute atomic E-state index is 11.6. The van der Waals surface area contributed by atoms with Gasteiger partial charge in [0.2, 0.25) is 0 Å². The minimum Gasteiger partial charge on any atom is -0.493 e. The summed E-state index contributed by atoms with van der Waals surface area (Å²) in [6.07, 6.45) is 1.67. The summed E-state index contributed by atoms with van der Waals surface area (Å²) in [5, 5.41) is 0. The van der Waals surface area contributed by atoms with E-state index in [0.29, 0.717) is 23.8 Å². The van der Waals surface area contributed by atoms with Gasteiger partial charge in [-0.05, 0) is 50.8 Å². The first-order valence-corrected chi connectivity index (χ1v) is 11.0. The molecule has 0 N–H and O–H groups in total. The van der Waals surface area contributed by atoms with E-state index < -0.39 is 0 Å². The molecule has 1 aromatic carbocycles. The lowest BCUT2D eigenvalue weighted by atomic mass is 10.0. The third-order valence-corrected chi connectivity index (χ3v) is 6.73. The van der Waals surface area contributed by atoms with Crippen molar-refractivity contribution in [1.29, 1.82) is 0 Å². The van der Waals surface area contributed by atoms with E-state index in [1.165, 1.54) is 4.88 Å². The van der Waals surface area contributed by atoms with E-state index in [1.54, 1.807) is 32.5 Å². The van der Waals surface area contributed by atoms with Crippen molar-refractivity contribution in [2.24, 2.45) is 5.92 Å². The molecule has 30 heavy (non-hydrogen) atoms. The normalized spacial score (nSPS) is 16.3. The van der Waals surface area contributed by atoms with E-state index in [-0.39, 0.29) is 5.78 Å². The molecule has 0 bridgehead atoms. The van der Waals surface area contributed by atoms with Gasteiger partial charge in [0.1, 0.15) is 17.4 Å². The molecule has 0 saturated carbocycles. The van der Waals surface area contributed by atoms with Gasteiger partial charge in [-0.3, -0.25) is 0 Å². The zero-order valence-electron chi connectivity index (χ0n) is 18.1. The second-order valence-electron chi connectivity index (χ2n) is 7.88. The highest BCUT2D eigenvalue weighted by Crippen LogP contribution is 2.43. The highest BCUT2D eigenvalue weighted by molar-refractivity contribution is 7.20. The molecule has 1 aliphatic heterocycles. The lowest BCUT2D eigenvalue weighted by Gasteiger charge is -2.18. The average molecular weight is 426 g/mol. The van der Waals surface area contributed by atoms with Crippen LogP contribution in [-0.4, -0.2) is 43.1 Å². The Labute approximate surface area is 180 Å². The second kappa shape index (κ2) is 8.22. The zero-order chi connectivity index (χ0) is 21.4. The molecule has 1 fully saturated rings.